The highest BCUT2D eigenvalue weighted by molar-refractivity contribution is 5.80. The minimum Gasteiger partial charge on any atom is -0.457 e. The van der Waals surface area contributed by atoms with Crippen molar-refractivity contribution in [2.75, 3.05) is 14.2 Å². The summed E-state index contributed by atoms with van der Waals surface area (Å²) in [5, 5.41) is 11.5. The van der Waals surface area contributed by atoms with Gasteiger partial charge in [0.25, 0.3) is 0 Å². The summed E-state index contributed by atoms with van der Waals surface area (Å²) in [7, 11) is 3.44. The zero-order valence-corrected chi connectivity index (χ0v) is 18.8. The van der Waals surface area contributed by atoms with Gasteiger partial charge < -0.3 is 20.1 Å². The highest BCUT2D eigenvalue weighted by Gasteiger charge is 2.22. The van der Waals surface area contributed by atoms with Gasteiger partial charge in [0, 0.05) is 38.7 Å². The lowest BCUT2D eigenvalue weighted by Crippen LogP contribution is -2.46. The third kappa shape index (κ3) is 5.45. The van der Waals surface area contributed by atoms with Crippen LogP contribution < -0.4 is 15.4 Å². The molecule has 3 aromatic rings. The number of methoxy groups -OCH3 is 1. The van der Waals surface area contributed by atoms with Crippen molar-refractivity contribution in [3.05, 3.63) is 71.3 Å². The van der Waals surface area contributed by atoms with Gasteiger partial charge in [0.05, 0.1) is 6.54 Å². The standard InChI is InChI=1S/C24H30N6O2/c1-17-7-6-9-20(13-17)32-21-10-5-4-8-18(21)14-26-24(25-2)27-19-11-12-23-28-22(16-31-3)29-30(23)15-19/h4-10,13,19H,11-12,14-16H2,1-3H3,(H2,25,26,27). The Hall–Kier alpha value is -3.39. The Labute approximate surface area is 188 Å². The van der Waals surface area contributed by atoms with Crippen molar-refractivity contribution < 1.29 is 9.47 Å². The molecule has 0 bridgehead atoms. The van der Waals surface area contributed by atoms with Gasteiger partial charge in [0.1, 0.15) is 23.9 Å². The molecule has 8 nitrogen and oxygen atoms in total. The molecule has 0 fully saturated rings. The molecule has 0 spiro atoms. The molecule has 4 rings (SSSR count). The number of guanidine groups is 1. The normalized spacial score (nSPS) is 15.8. The highest BCUT2D eigenvalue weighted by atomic mass is 16.5. The van der Waals surface area contributed by atoms with Crippen molar-refractivity contribution in [3.63, 3.8) is 0 Å². The van der Waals surface area contributed by atoms with Crippen LogP contribution in [0.3, 0.4) is 0 Å². The van der Waals surface area contributed by atoms with E-state index in [2.05, 4.69) is 44.8 Å². The molecule has 0 saturated heterocycles. The van der Waals surface area contributed by atoms with Gasteiger partial charge in [0.15, 0.2) is 11.8 Å². The summed E-state index contributed by atoms with van der Waals surface area (Å²) >= 11 is 0. The molecule has 0 radical (unpaired) electrons. The van der Waals surface area contributed by atoms with Crippen LogP contribution in [0.5, 0.6) is 11.5 Å². The van der Waals surface area contributed by atoms with Crippen LogP contribution in [0.1, 0.15) is 29.2 Å². The van der Waals surface area contributed by atoms with Crippen LogP contribution in [-0.2, 0) is 30.9 Å². The van der Waals surface area contributed by atoms with E-state index in [1.54, 1.807) is 14.2 Å². The maximum atomic E-state index is 6.14. The Balaban J connectivity index is 1.36. The number of benzene rings is 2. The summed E-state index contributed by atoms with van der Waals surface area (Å²) in [5.41, 5.74) is 2.23. The van der Waals surface area contributed by atoms with Gasteiger partial charge in [-0.15, -0.1) is 0 Å². The molecule has 2 aromatic carbocycles. The fourth-order valence-corrected chi connectivity index (χ4v) is 3.79. The zero-order valence-electron chi connectivity index (χ0n) is 18.8. The zero-order chi connectivity index (χ0) is 22.3. The van der Waals surface area contributed by atoms with Crippen LogP contribution in [-0.4, -0.2) is 40.9 Å². The van der Waals surface area contributed by atoms with E-state index in [1.165, 1.54) is 5.56 Å². The molecular weight excluding hydrogens is 404 g/mol. The van der Waals surface area contributed by atoms with E-state index in [1.807, 2.05) is 41.1 Å². The number of ether oxygens (including phenoxy) is 2. The van der Waals surface area contributed by atoms with Crippen molar-refractivity contribution in [1.82, 2.24) is 25.4 Å². The molecule has 0 amide bonds. The number of aromatic nitrogens is 3. The maximum Gasteiger partial charge on any atom is 0.191 e. The summed E-state index contributed by atoms with van der Waals surface area (Å²) in [4.78, 5) is 8.94. The van der Waals surface area contributed by atoms with Crippen LogP contribution in [0.25, 0.3) is 0 Å². The second kappa shape index (κ2) is 10.3. The second-order valence-electron chi connectivity index (χ2n) is 7.89. The smallest absolute Gasteiger partial charge is 0.191 e. The number of fused-ring (bicyclic) bond motifs is 1. The van der Waals surface area contributed by atoms with E-state index in [0.29, 0.717) is 13.2 Å². The fourth-order valence-electron chi connectivity index (χ4n) is 3.79. The molecule has 1 atom stereocenters. The van der Waals surface area contributed by atoms with Crippen LogP contribution in [0, 0.1) is 6.92 Å². The summed E-state index contributed by atoms with van der Waals surface area (Å²) in [5.74, 6) is 4.16. The lowest BCUT2D eigenvalue weighted by molar-refractivity contribution is 0.177. The van der Waals surface area contributed by atoms with Gasteiger partial charge >= 0.3 is 0 Å². The quantitative estimate of drug-likeness (QED) is 0.439. The molecule has 1 aromatic heterocycles. The molecule has 0 saturated carbocycles. The number of aryl methyl sites for hydroxylation is 2. The third-order valence-corrected chi connectivity index (χ3v) is 5.38. The first-order chi connectivity index (χ1) is 15.6. The Kier molecular flexibility index (Phi) is 7.01. The average molecular weight is 435 g/mol. The van der Waals surface area contributed by atoms with Crippen LogP contribution in [0.15, 0.2) is 53.5 Å². The van der Waals surface area contributed by atoms with Gasteiger partial charge in [-0.2, -0.15) is 5.10 Å². The summed E-state index contributed by atoms with van der Waals surface area (Å²) in [6.07, 6.45) is 1.84. The van der Waals surface area contributed by atoms with Crippen LogP contribution in [0.2, 0.25) is 0 Å². The van der Waals surface area contributed by atoms with Crippen molar-refractivity contribution in [2.24, 2.45) is 4.99 Å². The van der Waals surface area contributed by atoms with E-state index in [9.17, 15) is 0 Å². The van der Waals surface area contributed by atoms with Crippen molar-refractivity contribution in [2.45, 2.75) is 45.5 Å². The lowest BCUT2D eigenvalue weighted by Gasteiger charge is -2.25. The number of nitrogens with zero attached hydrogens (tertiary/aromatic N) is 4. The topological polar surface area (TPSA) is 85.6 Å². The molecule has 168 valence electrons. The Morgan fingerprint density at radius 1 is 1.22 bits per heavy atom. The summed E-state index contributed by atoms with van der Waals surface area (Å²) in [6, 6.07) is 16.3. The number of para-hydroxylation sites is 1. The average Bonchev–Trinajstić information content (AvgIpc) is 3.19. The van der Waals surface area contributed by atoms with E-state index >= 15 is 0 Å². The lowest BCUT2D eigenvalue weighted by atomic mass is 10.1. The number of aliphatic imine (C=N–C) groups is 1. The van der Waals surface area contributed by atoms with E-state index in [0.717, 1.165) is 54.1 Å². The van der Waals surface area contributed by atoms with Gasteiger partial charge in [-0.05, 0) is 37.1 Å². The Morgan fingerprint density at radius 3 is 2.91 bits per heavy atom. The molecule has 1 aliphatic heterocycles. The van der Waals surface area contributed by atoms with Gasteiger partial charge in [-0.25, -0.2) is 9.67 Å². The predicted molar refractivity (Wildman–Crippen MR) is 124 cm³/mol. The number of nitrogens with one attached hydrogen (secondary N) is 2. The van der Waals surface area contributed by atoms with Crippen LogP contribution in [0.4, 0.5) is 0 Å². The van der Waals surface area contributed by atoms with Crippen LogP contribution >= 0.6 is 0 Å². The molecule has 32 heavy (non-hydrogen) atoms. The summed E-state index contributed by atoms with van der Waals surface area (Å²) in [6.45, 7) is 3.84. The largest absolute Gasteiger partial charge is 0.457 e. The third-order valence-electron chi connectivity index (χ3n) is 5.38. The fraction of sp³-hybridized carbons (Fsp3) is 0.375. The number of hydrogen-bond acceptors (Lipinski definition) is 5. The minimum atomic E-state index is 0.226. The molecular formula is C24H30N6O2. The minimum absolute atomic E-state index is 0.226. The maximum absolute atomic E-state index is 6.14. The van der Waals surface area contributed by atoms with E-state index in [4.69, 9.17) is 9.47 Å². The molecule has 8 heteroatoms. The molecule has 1 aliphatic rings. The van der Waals surface area contributed by atoms with E-state index in [-0.39, 0.29) is 6.04 Å². The first kappa shape index (κ1) is 21.8. The SMILES string of the molecule is CN=C(NCc1ccccc1Oc1cccc(C)c1)NC1CCc2nc(COC)nn2C1. The number of rotatable bonds is 7. The first-order valence-corrected chi connectivity index (χ1v) is 10.9. The van der Waals surface area contributed by atoms with Gasteiger partial charge in [0.2, 0.25) is 0 Å². The number of hydrogen-bond donors (Lipinski definition) is 2. The Bertz CT molecular complexity index is 1080. The molecule has 2 N–H and O–H groups in total. The van der Waals surface area contributed by atoms with Gasteiger partial charge in [-0.1, -0.05) is 30.3 Å². The first-order valence-electron chi connectivity index (χ1n) is 10.9. The van der Waals surface area contributed by atoms with Crippen molar-refractivity contribution in [3.8, 4) is 11.5 Å². The van der Waals surface area contributed by atoms with E-state index < -0.39 is 0 Å². The van der Waals surface area contributed by atoms with Gasteiger partial charge in [-0.3, -0.25) is 4.99 Å². The molecule has 2 heterocycles. The summed E-state index contributed by atoms with van der Waals surface area (Å²) < 4.78 is 13.3. The second-order valence-corrected chi connectivity index (χ2v) is 7.89. The monoisotopic (exact) mass is 434 g/mol. The predicted octanol–water partition coefficient (Wildman–Crippen LogP) is 3.21. The Morgan fingerprint density at radius 2 is 2.09 bits per heavy atom. The molecule has 1 unspecified atom stereocenters. The highest BCUT2D eigenvalue weighted by Crippen LogP contribution is 2.25. The molecule has 0 aliphatic carbocycles. The van der Waals surface area contributed by atoms with Crippen molar-refractivity contribution >= 4 is 5.96 Å². The van der Waals surface area contributed by atoms with Crippen molar-refractivity contribution in [1.29, 1.82) is 0 Å².